The van der Waals surface area contributed by atoms with Crippen LogP contribution >= 0.6 is 0 Å². The van der Waals surface area contributed by atoms with Gasteiger partial charge in [0.2, 0.25) is 5.91 Å². The Morgan fingerprint density at radius 3 is 2.67 bits per heavy atom. The predicted octanol–water partition coefficient (Wildman–Crippen LogP) is 0.729. The van der Waals surface area contributed by atoms with E-state index in [2.05, 4.69) is 39.1 Å². The SMILES string of the molecule is O=C(Cc1c[nH]c(=O)[nH]c1=O)N1C[C@H]2CC[C@@H]1CN(Cc1ccccc1)C2. The lowest BCUT2D eigenvalue weighted by Gasteiger charge is -2.36. The molecule has 5 rings (SSSR count). The molecule has 2 N–H and O–H groups in total. The number of carbonyl (C=O) groups excluding carboxylic acids is 1. The highest BCUT2D eigenvalue weighted by Gasteiger charge is 2.37. The molecule has 0 spiro atoms. The summed E-state index contributed by atoms with van der Waals surface area (Å²) in [5.41, 5.74) is 0.552. The van der Waals surface area contributed by atoms with Crippen LogP contribution in [0.5, 0.6) is 0 Å². The van der Waals surface area contributed by atoms with E-state index in [1.807, 2.05) is 11.0 Å². The molecule has 7 nitrogen and oxygen atoms in total. The van der Waals surface area contributed by atoms with Gasteiger partial charge in [0, 0.05) is 44.0 Å². The van der Waals surface area contributed by atoms with Gasteiger partial charge in [-0.05, 0) is 24.3 Å². The summed E-state index contributed by atoms with van der Waals surface area (Å²) in [5.74, 6) is 0.425. The molecule has 3 saturated heterocycles. The number of nitrogens with one attached hydrogen (secondary N) is 2. The molecular weight excluding hydrogens is 344 g/mol. The lowest BCUT2D eigenvalue weighted by atomic mass is 9.94. The van der Waals surface area contributed by atoms with E-state index in [1.54, 1.807) is 0 Å². The van der Waals surface area contributed by atoms with Crippen LogP contribution in [0, 0.1) is 5.92 Å². The highest BCUT2D eigenvalue weighted by Crippen LogP contribution is 2.29. The summed E-state index contributed by atoms with van der Waals surface area (Å²) in [7, 11) is 0. The minimum Gasteiger partial charge on any atom is -0.338 e. The molecule has 1 aromatic heterocycles. The fourth-order valence-electron chi connectivity index (χ4n) is 4.29. The second-order valence-corrected chi connectivity index (χ2v) is 7.60. The number of hydrogen-bond acceptors (Lipinski definition) is 4. The van der Waals surface area contributed by atoms with Crippen molar-refractivity contribution in [3.63, 3.8) is 0 Å². The summed E-state index contributed by atoms with van der Waals surface area (Å²) in [6, 6.07) is 10.6. The zero-order chi connectivity index (χ0) is 18.8. The zero-order valence-electron chi connectivity index (χ0n) is 15.2. The summed E-state index contributed by atoms with van der Waals surface area (Å²) in [6.45, 7) is 3.50. The van der Waals surface area contributed by atoms with Crippen LogP contribution in [0.1, 0.15) is 24.0 Å². The van der Waals surface area contributed by atoms with Crippen LogP contribution in [0.25, 0.3) is 0 Å². The number of carbonyl (C=O) groups is 1. The monoisotopic (exact) mass is 368 g/mol. The predicted molar refractivity (Wildman–Crippen MR) is 101 cm³/mol. The number of benzene rings is 1. The fraction of sp³-hybridized carbons (Fsp3) is 0.450. The Kier molecular flexibility index (Phi) is 4.94. The van der Waals surface area contributed by atoms with Gasteiger partial charge in [0.1, 0.15) is 0 Å². The molecule has 1 aromatic carbocycles. The lowest BCUT2D eigenvalue weighted by molar-refractivity contribution is -0.134. The Morgan fingerprint density at radius 2 is 1.89 bits per heavy atom. The standard InChI is InChI=1S/C20H24N4O3/c25-18(8-16-9-21-20(27)22-19(16)26)24-12-15-6-7-17(24)13-23(11-15)10-14-4-2-1-3-5-14/h1-5,9,15,17H,6-8,10-13H2,(H2,21,22,26,27)/t15-,17+/m0/s1. The van der Waals surface area contributed by atoms with Gasteiger partial charge in [0.15, 0.2) is 0 Å². The second kappa shape index (κ2) is 7.52. The first-order chi connectivity index (χ1) is 13.1. The molecule has 0 radical (unpaired) electrons. The van der Waals surface area contributed by atoms with Crippen molar-refractivity contribution in [2.75, 3.05) is 19.6 Å². The van der Waals surface area contributed by atoms with Crippen molar-refractivity contribution < 1.29 is 4.79 Å². The average molecular weight is 368 g/mol. The molecule has 2 atom stereocenters. The van der Waals surface area contributed by atoms with Gasteiger partial charge in [-0.15, -0.1) is 0 Å². The third kappa shape index (κ3) is 4.03. The summed E-state index contributed by atoms with van der Waals surface area (Å²) < 4.78 is 0. The summed E-state index contributed by atoms with van der Waals surface area (Å²) >= 11 is 0. The lowest BCUT2D eigenvalue weighted by Crippen LogP contribution is -2.48. The van der Waals surface area contributed by atoms with Gasteiger partial charge in [0.25, 0.3) is 5.56 Å². The van der Waals surface area contributed by atoms with E-state index in [1.165, 1.54) is 11.8 Å². The first-order valence-corrected chi connectivity index (χ1v) is 9.45. The molecule has 1 amide bonds. The van der Waals surface area contributed by atoms with Crippen molar-refractivity contribution in [3.05, 3.63) is 68.5 Å². The molecule has 27 heavy (non-hydrogen) atoms. The van der Waals surface area contributed by atoms with Gasteiger partial charge in [0.05, 0.1) is 6.42 Å². The van der Waals surface area contributed by atoms with E-state index in [4.69, 9.17) is 0 Å². The van der Waals surface area contributed by atoms with E-state index in [9.17, 15) is 14.4 Å². The van der Waals surface area contributed by atoms with Crippen molar-refractivity contribution in [2.24, 2.45) is 5.92 Å². The van der Waals surface area contributed by atoms with Gasteiger partial charge in [-0.1, -0.05) is 30.3 Å². The maximum atomic E-state index is 12.9. The Bertz CT molecular complexity index is 921. The van der Waals surface area contributed by atoms with E-state index in [-0.39, 0.29) is 18.4 Å². The largest absolute Gasteiger partial charge is 0.338 e. The molecule has 4 heterocycles. The number of fused-ring (bicyclic) bond motifs is 4. The number of H-pyrrole nitrogens is 2. The number of hydrogen-bond donors (Lipinski definition) is 2. The van der Waals surface area contributed by atoms with Crippen LogP contribution in [-0.2, 0) is 17.8 Å². The maximum absolute atomic E-state index is 12.9. The number of aromatic nitrogens is 2. The maximum Gasteiger partial charge on any atom is 0.325 e. The molecule has 0 saturated carbocycles. The van der Waals surface area contributed by atoms with E-state index in [0.29, 0.717) is 11.5 Å². The topological polar surface area (TPSA) is 89.3 Å². The van der Waals surface area contributed by atoms with Crippen molar-refractivity contribution >= 4 is 5.91 Å². The van der Waals surface area contributed by atoms with Gasteiger partial charge in [-0.2, -0.15) is 0 Å². The van der Waals surface area contributed by atoms with Crippen LogP contribution < -0.4 is 11.2 Å². The third-order valence-corrected chi connectivity index (χ3v) is 5.60. The molecular formula is C20H24N4O3. The molecule has 7 heteroatoms. The number of amides is 1. The summed E-state index contributed by atoms with van der Waals surface area (Å²) in [6.07, 6.45) is 3.51. The van der Waals surface area contributed by atoms with E-state index in [0.717, 1.165) is 39.0 Å². The first-order valence-electron chi connectivity index (χ1n) is 9.45. The van der Waals surface area contributed by atoms with Crippen LogP contribution in [0.4, 0.5) is 0 Å². The van der Waals surface area contributed by atoms with Crippen LogP contribution in [0.3, 0.4) is 0 Å². The summed E-state index contributed by atoms with van der Waals surface area (Å²) in [4.78, 5) is 44.9. The normalized spacial score (nSPS) is 22.6. The number of nitrogens with zero attached hydrogens (tertiary/aromatic N) is 2. The second-order valence-electron chi connectivity index (χ2n) is 7.60. The van der Waals surface area contributed by atoms with Gasteiger partial charge in [-0.3, -0.25) is 19.5 Å². The Morgan fingerprint density at radius 1 is 1.07 bits per heavy atom. The zero-order valence-corrected chi connectivity index (χ0v) is 15.2. The Labute approximate surface area is 157 Å². The molecule has 0 aliphatic carbocycles. The molecule has 2 aromatic rings. The van der Waals surface area contributed by atoms with Crippen LogP contribution in [0.15, 0.2) is 46.1 Å². The molecule has 0 unspecified atom stereocenters. The van der Waals surface area contributed by atoms with Crippen LogP contribution in [0.2, 0.25) is 0 Å². The molecule has 2 bridgehead atoms. The minimum absolute atomic E-state index is 0.0218. The van der Waals surface area contributed by atoms with Crippen molar-refractivity contribution in [2.45, 2.75) is 31.8 Å². The minimum atomic E-state index is -0.554. The smallest absolute Gasteiger partial charge is 0.325 e. The Hall–Kier alpha value is -2.67. The van der Waals surface area contributed by atoms with Crippen molar-refractivity contribution in [1.29, 1.82) is 0 Å². The van der Waals surface area contributed by atoms with E-state index >= 15 is 0 Å². The van der Waals surface area contributed by atoms with Crippen molar-refractivity contribution in [3.8, 4) is 0 Å². The van der Waals surface area contributed by atoms with Gasteiger partial charge < -0.3 is 9.88 Å². The van der Waals surface area contributed by atoms with Gasteiger partial charge in [-0.25, -0.2) is 4.79 Å². The Balaban J connectivity index is 1.46. The number of piperidine rings is 1. The summed E-state index contributed by atoms with van der Waals surface area (Å²) in [5, 5.41) is 0. The molecule has 3 fully saturated rings. The number of aromatic amines is 2. The third-order valence-electron chi connectivity index (χ3n) is 5.60. The van der Waals surface area contributed by atoms with Crippen LogP contribution in [-0.4, -0.2) is 51.4 Å². The highest BCUT2D eigenvalue weighted by molar-refractivity contribution is 5.79. The quantitative estimate of drug-likeness (QED) is 0.833. The molecule has 3 aliphatic rings. The average Bonchev–Trinajstić information content (AvgIpc) is 2.95. The highest BCUT2D eigenvalue weighted by atomic mass is 16.2. The number of rotatable bonds is 4. The fourth-order valence-corrected chi connectivity index (χ4v) is 4.29. The molecule has 3 aliphatic heterocycles. The molecule has 142 valence electrons. The first kappa shape index (κ1) is 17.7. The van der Waals surface area contributed by atoms with E-state index < -0.39 is 11.2 Å². The van der Waals surface area contributed by atoms with Crippen molar-refractivity contribution in [1.82, 2.24) is 19.8 Å². The van der Waals surface area contributed by atoms with Gasteiger partial charge >= 0.3 is 5.69 Å².